The molecule has 0 amide bonds. The van der Waals surface area contributed by atoms with Gasteiger partial charge in [-0.3, -0.25) is 4.79 Å². The van der Waals surface area contributed by atoms with E-state index < -0.39 is 49.0 Å². The maximum Gasteiger partial charge on any atom is 0.411 e. The summed E-state index contributed by atoms with van der Waals surface area (Å²) in [5.41, 5.74) is -0.760. The molecule has 0 radical (unpaired) electrons. The van der Waals surface area contributed by atoms with E-state index in [-0.39, 0.29) is 25.0 Å². The number of alkyl halides is 6. The number of ether oxygens (including phenoxy) is 3. The van der Waals surface area contributed by atoms with Crippen LogP contribution in [0.4, 0.5) is 26.3 Å². The fourth-order valence-corrected chi connectivity index (χ4v) is 2.31. The van der Waals surface area contributed by atoms with Gasteiger partial charge in [0.05, 0.1) is 18.8 Å². The summed E-state index contributed by atoms with van der Waals surface area (Å²) in [5.74, 6) is -7.29. The number of hydrogen-bond acceptors (Lipinski definition) is 5. The summed E-state index contributed by atoms with van der Waals surface area (Å²) in [6.45, 7) is 8.84. The molecular weight excluding hydrogens is 410 g/mol. The molecule has 0 saturated heterocycles. The molecule has 11 heteroatoms. The molecular formula is C18H24F6O5. The van der Waals surface area contributed by atoms with Crippen molar-refractivity contribution in [1.82, 2.24) is 0 Å². The summed E-state index contributed by atoms with van der Waals surface area (Å²) in [7, 11) is 0. The molecule has 1 atom stereocenters. The molecule has 1 unspecified atom stereocenters. The summed E-state index contributed by atoms with van der Waals surface area (Å²) >= 11 is 0. The van der Waals surface area contributed by atoms with Gasteiger partial charge in [-0.1, -0.05) is 19.6 Å². The van der Waals surface area contributed by atoms with Gasteiger partial charge in [-0.15, -0.1) is 6.58 Å². The van der Waals surface area contributed by atoms with Gasteiger partial charge >= 0.3 is 24.3 Å². The van der Waals surface area contributed by atoms with Crippen LogP contribution in [0.2, 0.25) is 0 Å². The van der Waals surface area contributed by atoms with Gasteiger partial charge in [-0.25, -0.2) is 4.79 Å². The fourth-order valence-electron chi connectivity index (χ4n) is 2.31. The largest absolute Gasteiger partial charge is 0.463 e. The minimum absolute atomic E-state index is 0.0582. The molecule has 0 spiro atoms. The third-order valence-corrected chi connectivity index (χ3v) is 3.93. The highest BCUT2D eigenvalue weighted by molar-refractivity contribution is 5.86. The van der Waals surface area contributed by atoms with Crippen LogP contribution in [0.25, 0.3) is 0 Å². The van der Waals surface area contributed by atoms with Gasteiger partial charge in [0.2, 0.25) is 5.92 Å². The molecule has 0 rings (SSSR count). The van der Waals surface area contributed by atoms with E-state index >= 15 is 0 Å². The zero-order chi connectivity index (χ0) is 22.9. The van der Waals surface area contributed by atoms with Crippen molar-refractivity contribution in [3.05, 3.63) is 24.8 Å². The molecule has 0 heterocycles. The van der Waals surface area contributed by atoms with Crippen LogP contribution in [-0.4, -0.2) is 49.7 Å². The van der Waals surface area contributed by atoms with Crippen LogP contribution in [0.5, 0.6) is 0 Å². The Morgan fingerprint density at radius 3 is 1.97 bits per heavy atom. The lowest BCUT2D eigenvalue weighted by atomic mass is 9.92. The number of hydrogen-bond donors (Lipinski definition) is 0. The first-order valence-corrected chi connectivity index (χ1v) is 8.57. The number of carbonyl (C=O) groups is 2. The van der Waals surface area contributed by atoms with Crippen molar-refractivity contribution < 1.29 is 50.1 Å². The SMILES string of the molecule is C=CCC(CC)(CCOC(=O)C(=C)C)OCCOC(=O)C(C(F)(F)F)C(F)(F)F. The van der Waals surface area contributed by atoms with Crippen LogP contribution in [0.15, 0.2) is 24.8 Å². The van der Waals surface area contributed by atoms with Crippen molar-refractivity contribution in [3.8, 4) is 0 Å². The summed E-state index contributed by atoms with van der Waals surface area (Å²) in [6.07, 6.45) is -9.34. The van der Waals surface area contributed by atoms with E-state index in [0.29, 0.717) is 6.42 Å². The minimum Gasteiger partial charge on any atom is -0.463 e. The van der Waals surface area contributed by atoms with E-state index in [4.69, 9.17) is 9.47 Å². The molecule has 5 nitrogen and oxygen atoms in total. The second-order valence-corrected chi connectivity index (χ2v) is 6.23. The molecule has 0 aliphatic rings. The van der Waals surface area contributed by atoms with Gasteiger partial charge in [0.25, 0.3) is 0 Å². The summed E-state index contributed by atoms with van der Waals surface area (Å²) < 4.78 is 89.5. The van der Waals surface area contributed by atoms with Crippen molar-refractivity contribution in [3.63, 3.8) is 0 Å². The molecule has 0 aliphatic carbocycles. The Morgan fingerprint density at radius 2 is 1.55 bits per heavy atom. The van der Waals surface area contributed by atoms with E-state index in [1.165, 1.54) is 13.0 Å². The van der Waals surface area contributed by atoms with Crippen LogP contribution < -0.4 is 0 Å². The molecule has 168 valence electrons. The zero-order valence-electron chi connectivity index (χ0n) is 16.1. The summed E-state index contributed by atoms with van der Waals surface area (Å²) in [5, 5.41) is 0. The Kier molecular flexibility index (Phi) is 10.4. The quantitative estimate of drug-likeness (QED) is 0.149. The predicted octanol–water partition coefficient (Wildman–Crippen LogP) is 4.52. The summed E-state index contributed by atoms with van der Waals surface area (Å²) in [6, 6.07) is 0. The number of carbonyl (C=O) groups excluding carboxylic acids is 2. The molecule has 29 heavy (non-hydrogen) atoms. The highest BCUT2D eigenvalue weighted by atomic mass is 19.4. The monoisotopic (exact) mass is 434 g/mol. The van der Waals surface area contributed by atoms with Gasteiger partial charge in [0.1, 0.15) is 6.61 Å². The highest BCUT2D eigenvalue weighted by Gasteiger charge is 2.62. The average Bonchev–Trinajstić information content (AvgIpc) is 2.55. The third-order valence-electron chi connectivity index (χ3n) is 3.93. The summed E-state index contributed by atoms with van der Waals surface area (Å²) in [4.78, 5) is 22.7. The third kappa shape index (κ3) is 9.33. The van der Waals surface area contributed by atoms with E-state index in [1.807, 2.05) is 0 Å². The first kappa shape index (κ1) is 27.0. The second-order valence-electron chi connectivity index (χ2n) is 6.23. The Labute approximate surface area is 164 Å². The molecule has 0 aromatic rings. The zero-order valence-corrected chi connectivity index (χ0v) is 16.1. The molecule has 0 bridgehead atoms. The molecule has 0 aliphatic heterocycles. The lowest BCUT2D eigenvalue weighted by Gasteiger charge is -2.32. The van der Waals surface area contributed by atoms with Crippen LogP contribution >= 0.6 is 0 Å². The van der Waals surface area contributed by atoms with Crippen molar-refractivity contribution in [2.45, 2.75) is 51.1 Å². The molecule has 0 fully saturated rings. The number of halogens is 6. The predicted molar refractivity (Wildman–Crippen MR) is 90.7 cm³/mol. The first-order chi connectivity index (χ1) is 13.2. The topological polar surface area (TPSA) is 61.8 Å². The van der Waals surface area contributed by atoms with Crippen molar-refractivity contribution in [2.75, 3.05) is 19.8 Å². The van der Waals surface area contributed by atoms with E-state index in [1.54, 1.807) is 6.92 Å². The van der Waals surface area contributed by atoms with Crippen molar-refractivity contribution >= 4 is 11.9 Å². The van der Waals surface area contributed by atoms with Gasteiger partial charge in [-0.2, -0.15) is 26.3 Å². The van der Waals surface area contributed by atoms with Crippen LogP contribution in [0.3, 0.4) is 0 Å². The van der Waals surface area contributed by atoms with Crippen molar-refractivity contribution in [2.24, 2.45) is 5.92 Å². The Balaban J connectivity index is 4.82. The Morgan fingerprint density at radius 1 is 1.00 bits per heavy atom. The van der Waals surface area contributed by atoms with Crippen LogP contribution in [0.1, 0.15) is 33.1 Å². The highest BCUT2D eigenvalue weighted by Crippen LogP contribution is 2.40. The van der Waals surface area contributed by atoms with Gasteiger partial charge in [0, 0.05) is 12.0 Å². The maximum atomic E-state index is 12.5. The normalized spacial score (nSPS) is 14.2. The lowest BCUT2D eigenvalue weighted by Crippen LogP contribution is -2.43. The van der Waals surface area contributed by atoms with E-state index in [0.717, 1.165) is 0 Å². The van der Waals surface area contributed by atoms with Crippen LogP contribution in [-0.2, 0) is 23.8 Å². The maximum absolute atomic E-state index is 12.5. The molecule has 0 aromatic heterocycles. The Bertz CT molecular complexity index is 570. The molecule has 0 N–H and O–H groups in total. The van der Waals surface area contributed by atoms with E-state index in [9.17, 15) is 35.9 Å². The van der Waals surface area contributed by atoms with Crippen molar-refractivity contribution in [1.29, 1.82) is 0 Å². The van der Waals surface area contributed by atoms with E-state index in [2.05, 4.69) is 17.9 Å². The molecule has 0 aromatic carbocycles. The minimum atomic E-state index is -5.82. The first-order valence-electron chi connectivity index (χ1n) is 8.57. The number of esters is 2. The van der Waals surface area contributed by atoms with Crippen LogP contribution in [0, 0.1) is 5.92 Å². The van der Waals surface area contributed by atoms with Gasteiger partial charge < -0.3 is 14.2 Å². The standard InChI is InChI=1S/C18H24F6O5/c1-5-7-16(6-2,8-9-27-14(25)12(3)4)29-11-10-28-15(26)13(17(19,20)21)18(22,23)24/h5,13H,1,3,6-11H2,2,4H3. The van der Waals surface area contributed by atoms with Gasteiger partial charge in [0.15, 0.2) is 0 Å². The Hall–Kier alpha value is -2.04. The molecule has 0 saturated carbocycles. The number of rotatable bonds is 12. The fraction of sp³-hybridized carbons (Fsp3) is 0.667. The average molecular weight is 434 g/mol. The van der Waals surface area contributed by atoms with Gasteiger partial charge in [-0.05, 0) is 19.8 Å². The lowest BCUT2D eigenvalue weighted by molar-refractivity contribution is -0.282. The smallest absolute Gasteiger partial charge is 0.411 e. The second kappa shape index (κ2) is 11.2.